The van der Waals surface area contributed by atoms with E-state index in [4.69, 9.17) is 0 Å². The lowest BCUT2D eigenvalue weighted by Crippen LogP contribution is -2.35. The highest BCUT2D eigenvalue weighted by Gasteiger charge is 2.25. The van der Waals surface area contributed by atoms with E-state index >= 15 is 0 Å². The van der Waals surface area contributed by atoms with Crippen LogP contribution in [0.15, 0.2) is 30.3 Å². The highest BCUT2D eigenvalue weighted by Crippen LogP contribution is 2.31. The zero-order valence-corrected chi connectivity index (χ0v) is 9.11. The standard InChI is InChI=1S/C13H19N/c1-11-8-9-14(2)10-13(11)12-6-4-3-5-7-12/h3-7,11,13H,8-10H2,1-2H3. The van der Waals surface area contributed by atoms with Crippen LogP contribution in [0.4, 0.5) is 0 Å². The fourth-order valence-electron chi connectivity index (χ4n) is 2.37. The van der Waals surface area contributed by atoms with E-state index in [1.807, 2.05) is 0 Å². The van der Waals surface area contributed by atoms with Gasteiger partial charge in [0.25, 0.3) is 0 Å². The van der Waals surface area contributed by atoms with Gasteiger partial charge in [-0.1, -0.05) is 37.3 Å². The van der Waals surface area contributed by atoms with Crippen LogP contribution in [0.25, 0.3) is 0 Å². The molecule has 2 rings (SSSR count). The molecule has 1 heterocycles. The Labute approximate surface area is 86.7 Å². The molecule has 2 atom stereocenters. The topological polar surface area (TPSA) is 3.24 Å². The van der Waals surface area contributed by atoms with Crippen LogP contribution in [0, 0.1) is 5.92 Å². The minimum absolute atomic E-state index is 0.731. The Morgan fingerprint density at radius 3 is 2.64 bits per heavy atom. The van der Waals surface area contributed by atoms with Crippen molar-refractivity contribution in [3.05, 3.63) is 35.9 Å². The quantitative estimate of drug-likeness (QED) is 0.656. The summed E-state index contributed by atoms with van der Waals surface area (Å²) in [5.41, 5.74) is 1.51. The van der Waals surface area contributed by atoms with Crippen LogP contribution < -0.4 is 0 Å². The van der Waals surface area contributed by atoms with Gasteiger partial charge in [-0.3, -0.25) is 0 Å². The van der Waals surface area contributed by atoms with Gasteiger partial charge in [0, 0.05) is 6.54 Å². The van der Waals surface area contributed by atoms with E-state index in [0.29, 0.717) is 0 Å². The molecule has 1 nitrogen and oxygen atoms in total. The molecular formula is C13H19N. The Bertz CT molecular complexity index is 281. The Morgan fingerprint density at radius 2 is 1.93 bits per heavy atom. The zero-order chi connectivity index (χ0) is 9.97. The van der Waals surface area contributed by atoms with Crippen molar-refractivity contribution in [1.29, 1.82) is 0 Å². The minimum Gasteiger partial charge on any atom is -0.306 e. The summed E-state index contributed by atoms with van der Waals surface area (Å²) in [5.74, 6) is 1.56. The molecule has 1 aromatic rings. The van der Waals surface area contributed by atoms with E-state index in [1.54, 1.807) is 0 Å². The van der Waals surface area contributed by atoms with Crippen LogP contribution >= 0.6 is 0 Å². The van der Waals surface area contributed by atoms with E-state index in [2.05, 4.69) is 49.2 Å². The predicted octanol–water partition coefficient (Wildman–Crippen LogP) is 2.74. The first-order valence-electron chi connectivity index (χ1n) is 5.51. The van der Waals surface area contributed by atoms with Gasteiger partial charge in [-0.25, -0.2) is 0 Å². The molecule has 14 heavy (non-hydrogen) atoms. The first-order chi connectivity index (χ1) is 6.77. The lowest BCUT2D eigenvalue weighted by molar-refractivity contribution is 0.199. The maximum Gasteiger partial charge on any atom is 0.00498 e. The average molecular weight is 189 g/mol. The monoisotopic (exact) mass is 189 g/mol. The maximum absolute atomic E-state index is 2.44. The number of likely N-dealkylation sites (tertiary alicyclic amines) is 1. The molecule has 1 saturated heterocycles. The van der Waals surface area contributed by atoms with Crippen molar-refractivity contribution in [2.45, 2.75) is 19.3 Å². The summed E-state index contributed by atoms with van der Waals surface area (Å²) in [7, 11) is 2.22. The predicted molar refractivity (Wildman–Crippen MR) is 60.5 cm³/mol. The van der Waals surface area contributed by atoms with Crippen molar-refractivity contribution in [3.63, 3.8) is 0 Å². The van der Waals surface area contributed by atoms with Gasteiger partial charge in [-0.2, -0.15) is 0 Å². The fourth-order valence-corrected chi connectivity index (χ4v) is 2.37. The number of benzene rings is 1. The summed E-state index contributed by atoms with van der Waals surface area (Å²) >= 11 is 0. The molecule has 76 valence electrons. The van der Waals surface area contributed by atoms with E-state index in [9.17, 15) is 0 Å². The first kappa shape index (κ1) is 9.72. The highest BCUT2D eigenvalue weighted by molar-refractivity contribution is 5.21. The van der Waals surface area contributed by atoms with Crippen molar-refractivity contribution in [3.8, 4) is 0 Å². The van der Waals surface area contributed by atoms with Gasteiger partial charge < -0.3 is 4.90 Å². The second-order valence-electron chi connectivity index (χ2n) is 4.55. The zero-order valence-electron chi connectivity index (χ0n) is 9.11. The summed E-state index contributed by atoms with van der Waals surface area (Å²) in [5, 5.41) is 0. The summed E-state index contributed by atoms with van der Waals surface area (Å²) in [6, 6.07) is 10.9. The number of likely N-dealkylation sites (N-methyl/N-ethyl adjacent to an activating group) is 1. The second-order valence-corrected chi connectivity index (χ2v) is 4.55. The highest BCUT2D eigenvalue weighted by atomic mass is 15.1. The number of hydrogen-bond acceptors (Lipinski definition) is 1. The molecule has 0 aromatic heterocycles. The van der Waals surface area contributed by atoms with Gasteiger partial charge in [-0.05, 0) is 37.4 Å². The summed E-state index contributed by atoms with van der Waals surface area (Å²) in [6.45, 7) is 4.85. The normalized spacial score (nSPS) is 29.0. The Balaban J connectivity index is 2.16. The smallest absolute Gasteiger partial charge is 0.00498 e. The minimum atomic E-state index is 0.731. The van der Waals surface area contributed by atoms with Gasteiger partial charge >= 0.3 is 0 Å². The molecule has 1 fully saturated rings. The third-order valence-corrected chi connectivity index (χ3v) is 3.39. The van der Waals surface area contributed by atoms with E-state index < -0.39 is 0 Å². The van der Waals surface area contributed by atoms with Crippen LogP contribution in [0.5, 0.6) is 0 Å². The molecule has 1 aromatic carbocycles. The number of piperidine rings is 1. The van der Waals surface area contributed by atoms with E-state index in [0.717, 1.165) is 11.8 Å². The lowest BCUT2D eigenvalue weighted by Gasteiger charge is -2.35. The molecule has 1 aliphatic heterocycles. The summed E-state index contributed by atoms with van der Waals surface area (Å²) in [6.07, 6.45) is 1.33. The number of rotatable bonds is 1. The van der Waals surface area contributed by atoms with Crippen LogP contribution in [0.3, 0.4) is 0 Å². The average Bonchev–Trinajstić information content (AvgIpc) is 2.23. The third kappa shape index (κ3) is 1.98. The van der Waals surface area contributed by atoms with E-state index in [1.165, 1.54) is 25.1 Å². The van der Waals surface area contributed by atoms with Crippen LogP contribution in [-0.2, 0) is 0 Å². The molecule has 0 saturated carbocycles. The Morgan fingerprint density at radius 1 is 1.21 bits per heavy atom. The Kier molecular flexibility index (Phi) is 2.87. The van der Waals surface area contributed by atoms with Crippen molar-refractivity contribution < 1.29 is 0 Å². The molecule has 0 spiro atoms. The van der Waals surface area contributed by atoms with Gasteiger partial charge in [0.05, 0.1) is 0 Å². The van der Waals surface area contributed by atoms with Crippen LogP contribution in [-0.4, -0.2) is 25.0 Å². The fraction of sp³-hybridized carbons (Fsp3) is 0.538. The molecule has 0 amide bonds. The third-order valence-electron chi connectivity index (χ3n) is 3.39. The molecule has 0 radical (unpaired) electrons. The van der Waals surface area contributed by atoms with Crippen molar-refractivity contribution in [2.75, 3.05) is 20.1 Å². The van der Waals surface area contributed by atoms with Crippen molar-refractivity contribution in [2.24, 2.45) is 5.92 Å². The largest absolute Gasteiger partial charge is 0.306 e. The van der Waals surface area contributed by atoms with Crippen LogP contribution in [0.2, 0.25) is 0 Å². The molecule has 0 bridgehead atoms. The SMILES string of the molecule is CC1CCN(C)CC1c1ccccc1. The molecule has 0 aliphatic carbocycles. The molecule has 1 aliphatic rings. The first-order valence-corrected chi connectivity index (χ1v) is 5.51. The van der Waals surface area contributed by atoms with Gasteiger partial charge in [0.2, 0.25) is 0 Å². The van der Waals surface area contributed by atoms with Crippen molar-refractivity contribution >= 4 is 0 Å². The van der Waals surface area contributed by atoms with Crippen molar-refractivity contribution in [1.82, 2.24) is 4.90 Å². The molecule has 0 N–H and O–H groups in total. The van der Waals surface area contributed by atoms with Gasteiger partial charge in [0.1, 0.15) is 0 Å². The maximum atomic E-state index is 2.44. The summed E-state index contributed by atoms with van der Waals surface area (Å²) < 4.78 is 0. The number of nitrogens with zero attached hydrogens (tertiary/aromatic N) is 1. The molecule has 2 unspecified atom stereocenters. The lowest BCUT2D eigenvalue weighted by atomic mass is 9.82. The van der Waals surface area contributed by atoms with Gasteiger partial charge in [-0.15, -0.1) is 0 Å². The second kappa shape index (κ2) is 4.14. The molecule has 1 heteroatoms. The molecular weight excluding hydrogens is 170 g/mol. The Hall–Kier alpha value is -0.820. The van der Waals surface area contributed by atoms with E-state index in [-0.39, 0.29) is 0 Å². The number of hydrogen-bond donors (Lipinski definition) is 0. The van der Waals surface area contributed by atoms with Gasteiger partial charge in [0.15, 0.2) is 0 Å². The van der Waals surface area contributed by atoms with Crippen LogP contribution in [0.1, 0.15) is 24.8 Å². The summed E-state index contributed by atoms with van der Waals surface area (Å²) in [4.78, 5) is 2.44.